The van der Waals surface area contributed by atoms with Crippen molar-refractivity contribution in [2.24, 2.45) is 0 Å². The van der Waals surface area contributed by atoms with Gasteiger partial charge in [0.2, 0.25) is 0 Å². The second-order valence-electron chi connectivity index (χ2n) is 5.00. The Morgan fingerprint density at radius 1 is 1.05 bits per heavy atom. The van der Waals surface area contributed by atoms with E-state index in [9.17, 15) is 0 Å². The third-order valence-electron chi connectivity index (χ3n) is 3.58. The van der Waals surface area contributed by atoms with E-state index < -0.39 is 0 Å². The average Bonchev–Trinajstić information content (AvgIpc) is 2.48. The van der Waals surface area contributed by atoms with Crippen molar-refractivity contribution in [1.29, 1.82) is 0 Å². The van der Waals surface area contributed by atoms with E-state index in [2.05, 4.69) is 48.5 Å². The van der Waals surface area contributed by atoms with Gasteiger partial charge in [-0.05, 0) is 43.8 Å². The quantitative estimate of drug-likeness (QED) is 0.845. The first-order valence-corrected chi connectivity index (χ1v) is 7.29. The molecule has 0 aliphatic carbocycles. The van der Waals surface area contributed by atoms with Crippen molar-refractivity contribution in [1.82, 2.24) is 4.90 Å². The van der Waals surface area contributed by atoms with Gasteiger partial charge in [0.1, 0.15) is 0 Å². The summed E-state index contributed by atoms with van der Waals surface area (Å²) in [7, 11) is 2.14. The molecule has 3 heteroatoms. The van der Waals surface area contributed by atoms with Crippen molar-refractivity contribution >= 4 is 17.3 Å². The molecule has 2 aromatic rings. The van der Waals surface area contributed by atoms with Crippen LogP contribution >= 0.6 is 11.6 Å². The SMILES string of the molecule is CC(c1ccc(Cl)cc1)N(C)CCNc1ccccc1. The fourth-order valence-electron chi connectivity index (χ4n) is 2.12. The number of likely N-dealkylation sites (N-methyl/N-ethyl adjacent to an activating group) is 1. The molecule has 20 heavy (non-hydrogen) atoms. The summed E-state index contributed by atoms with van der Waals surface area (Å²) in [5.41, 5.74) is 2.46. The highest BCUT2D eigenvalue weighted by atomic mass is 35.5. The number of rotatable bonds is 6. The summed E-state index contributed by atoms with van der Waals surface area (Å²) in [5.74, 6) is 0. The van der Waals surface area contributed by atoms with Gasteiger partial charge in [0, 0.05) is 29.8 Å². The molecule has 0 saturated heterocycles. The molecule has 0 aliphatic heterocycles. The Labute approximate surface area is 126 Å². The number of anilines is 1. The van der Waals surface area contributed by atoms with Crippen LogP contribution in [0.3, 0.4) is 0 Å². The van der Waals surface area contributed by atoms with Crippen molar-refractivity contribution < 1.29 is 0 Å². The second-order valence-corrected chi connectivity index (χ2v) is 5.44. The molecule has 0 fully saturated rings. The standard InChI is InChI=1S/C17H21ClN2/c1-14(15-8-10-16(18)11-9-15)20(2)13-12-19-17-6-4-3-5-7-17/h3-11,14,19H,12-13H2,1-2H3. The van der Waals surface area contributed by atoms with Crippen LogP contribution in [0, 0.1) is 0 Å². The fourth-order valence-corrected chi connectivity index (χ4v) is 2.25. The summed E-state index contributed by atoms with van der Waals surface area (Å²) in [6, 6.07) is 18.7. The van der Waals surface area contributed by atoms with Crippen molar-refractivity contribution in [3.63, 3.8) is 0 Å². The normalized spacial score (nSPS) is 12.4. The summed E-state index contributed by atoms with van der Waals surface area (Å²) in [6.45, 7) is 4.13. The molecular weight excluding hydrogens is 268 g/mol. The summed E-state index contributed by atoms with van der Waals surface area (Å²) < 4.78 is 0. The largest absolute Gasteiger partial charge is 0.384 e. The van der Waals surface area contributed by atoms with E-state index in [0.717, 1.165) is 18.1 Å². The molecule has 0 bridgehead atoms. The summed E-state index contributed by atoms with van der Waals surface area (Å²) in [5, 5.41) is 4.21. The molecule has 0 heterocycles. The van der Waals surface area contributed by atoms with Gasteiger partial charge >= 0.3 is 0 Å². The highest BCUT2D eigenvalue weighted by Gasteiger charge is 2.10. The molecule has 1 atom stereocenters. The number of hydrogen-bond acceptors (Lipinski definition) is 2. The van der Waals surface area contributed by atoms with Crippen molar-refractivity contribution in [2.45, 2.75) is 13.0 Å². The number of hydrogen-bond donors (Lipinski definition) is 1. The van der Waals surface area contributed by atoms with Gasteiger partial charge in [0.05, 0.1) is 0 Å². The molecule has 1 unspecified atom stereocenters. The number of benzene rings is 2. The predicted molar refractivity (Wildman–Crippen MR) is 87.4 cm³/mol. The molecule has 2 rings (SSSR count). The third kappa shape index (κ3) is 4.26. The van der Waals surface area contributed by atoms with Crippen LogP contribution in [0.2, 0.25) is 5.02 Å². The Morgan fingerprint density at radius 3 is 2.35 bits per heavy atom. The molecule has 0 spiro atoms. The minimum Gasteiger partial charge on any atom is -0.384 e. The van der Waals surface area contributed by atoms with Crippen LogP contribution in [0.4, 0.5) is 5.69 Å². The molecule has 106 valence electrons. The van der Waals surface area contributed by atoms with Gasteiger partial charge in [-0.1, -0.05) is 41.9 Å². The van der Waals surface area contributed by atoms with Gasteiger partial charge in [-0.3, -0.25) is 4.90 Å². The monoisotopic (exact) mass is 288 g/mol. The highest BCUT2D eigenvalue weighted by Crippen LogP contribution is 2.20. The van der Waals surface area contributed by atoms with Crippen molar-refractivity contribution in [3.8, 4) is 0 Å². The molecule has 0 radical (unpaired) electrons. The summed E-state index contributed by atoms with van der Waals surface area (Å²) in [4.78, 5) is 2.33. The van der Waals surface area contributed by atoms with Crippen LogP contribution in [0.1, 0.15) is 18.5 Å². The Bertz CT molecular complexity index is 510. The Balaban J connectivity index is 1.82. The van der Waals surface area contributed by atoms with Gasteiger partial charge in [0.25, 0.3) is 0 Å². The van der Waals surface area contributed by atoms with E-state index in [0.29, 0.717) is 6.04 Å². The maximum atomic E-state index is 5.92. The van der Waals surface area contributed by atoms with Crippen molar-refractivity contribution in [3.05, 3.63) is 65.2 Å². The Morgan fingerprint density at radius 2 is 1.70 bits per heavy atom. The number of halogens is 1. The summed E-state index contributed by atoms with van der Waals surface area (Å²) in [6.07, 6.45) is 0. The number of nitrogens with zero attached hydrogens (tertiary/aromatic N) is 1. The lowest BCUT2D eigenvalue weighted by atomic mass is 10.1. The van der Waals surface area contributed by atoms with Crippen LogP contribution in [-0.2, 0) is 0 Å². The van der Waals surface area contributed by atoms with Crippen LogP contribution in [0.15, 0.2) is 54.6 Å². The maximum absolute atomic E-state index is 5.92. The topological polar surface area (TPSA) is 15.3 Å². The first-order chi connectivity index (χ1) is 9.66. The fraction of sp³-hybridized carbons (Fsp3) is 0.294. The zero-order valence-corrected chi connectivity index (χ0v) is 12.8. The van der Waals surface area contributed by atoms with Gasteiger partial charge in [-0.15, -0.1) is 0 Å². The maximum Gasteiger partial charge on any atom is 0.0406 e. The molecule has 1 N–H and O–H groups in total. The molecule has 2 aromatic carbocycles. The van der Waals surface area contributed by atoms with Gasteiger partial charge < -0.3 is 5.32 Å². The van der Waals surface area contributed by atoms with Crippen LogP contribution in [0.25, 0.3) is 0 Å². The number of nitrogens with one attached hydrogen (secondary N) is 1. The first kappa shape index (κ1) is 14.9. The minimum absolute atomic E-state index is 0.379. The smallest absolute Gasteiger partial charge is 0.0406 e. The summed E-state index contributed by atoms with van der Waals surface area (Å²) >= 11 is 5.92. The zero-order valence-electron chi connectivity index (χ0n) is 12.0. The molecule has 2 nitrogen and oxygen atoms in total. The van der Waals surface area contributed by atoms with E-state index in [4.69, 9.17) is 11.6 Å². The van der Waals surface area contributed by atoms with Gasteiger partial charge in [-0.25, -0.2) is 0 Å². The van der Waals surface area contributed by atoms with Crippen molar-refractivity contribution in [2.75, 3.05) is 25.5 Å². The van der Waals surface area contributed by atoms with Gasteiger partial charge in [0.15, 0.2) is 0 Å². The van der Waals surface area contributed by atoms with Crippen LogP contribution in [-0.4, -0.2) is 25.0 Å². The third-order valence-corrected chi connectivity index (χ3v) is 3.83. The molecule has 0 aromatic heterocycles. The van der Waals surface area contributed by atoms with Gasteiger partial charge in [-0.2, -0.15) is 0 Å². The van der Waals surface area contributed by atoms with E-state index >= 15 is 0 Å². The molecule has 0 amide bonds. The van der Waals surface area contributed by atoms with E-state index in [1.807, 2.05) is 30.3 Å². The lowest BCUT2D eigenvalue weighted by Gasteiger charge is -2.25. The lowest BCUT2D eigenvalue weighted by Crippen LogP contribution is -2.28. The van der Waals surface area contributed by atoms with Crippen LogP contribution < -0.4 is 5.32 Å². The average molecular weight is 289 g/mol. The second kappa shape index (κ2) is 7.32. The molecule has 0 saturated carbocycles. The number of para-hydroxylation sites is 1. The molecule has 0 aliphatic rings. The lowest BCUT2D eigenvalue weighted by molar-refractivity contribution is 0.271. The van der Waals surface area contributed by atoms with E-state index in [1.165, 1.54) is 11.3 Å². The van der Waals surface area contributed by atoms with E-state index in [1.54, 1.807) is 0 Å². The first-order valence-electron chi connectivity index (χ1n) is 6.91. The van der Waals surface area contributed by atoms with Crippen LogP contribution in [0.5, 0.6) is 0 Å². The molecular formula is C17H21ClN2. The zero-order chi connectivity index (χ0) is 14.4. The Hall–Kier alpha value is -1.51. The minimum atomic E-state index is 0.379. The highest BCUT2D eigenvalue weighted by molar-refractivity contribution is 6.30. The van der Waals surface area contributed by atoms with E-state index in [-0.39, 0.29) is 0 Å². The Kier molecular flexibility index (Phi) is 5.45. The predicted octanol–water partition coefficient (Wildman–Crippen LogP) is 4.44.